The Morgan fingerprint density at radius 2 is 2.06 bits per heavy atom. The molecule has 0 aromatic rings. The lowest BCUT2D eigenvalue weighted by molar-refractivity contribution is 0.157. The van der Waals surface area contributed by atoms with Crippen molar-refractivity contribution in [3.63, 3.8) is 0 Å². The van der Waals surface area contributed by atoms with Gasteiger partial charge in [-0.25, -0.2) is 0 Å². The molecule has 1 aliphatic carbocycles. The van der Waals surface area contributed by atoms with Crippen LogP contribution in [0.3, 0.4) is 0 Å². The van der Waals surface area contributed by atoms with E-state index in [0.717, 1.165) is 19.1 Å². The number of hydrogen-bond acceptors (Lipinski definition) is 3. The summed E-state index contributed by atoms with van der Waals surface area (Å²) in [6, 6.07) is 0.614. The van der Waals surface area contributed by atoms with Gasteiger partial charge in [0.15, 0.2) is 0 Å². The summed E-state index contributed by atoms with van der Waals surface area (Å²) < 4.78 is 5.26. The molecule has 2 rings (SSSR count). The summed E-state index contributed by atoms with van der Waals surface area (Å²) in [6.45, 7) is 5.96. The standard InChI is InChI=1S/C13H26N2O/c1-16-11-13(12-5-6-12)14-7-4-10-15-8-2-3-9-15/h12-14H,2-11H2,1H3. The monoisotopic (exact) mass is 226 g/mol. The van der Waals surface area contributed by atoms with Gasteiger partial charge in [0.05, 0.1) is 6.61 Å². The van der Waals surface area contributed by atoms with Crippen molar-refractivity contribution >= 4 is 0 Å². The molecule has 2 aliphatic rings. The molecule has 0 aromatic carbocycles. The Morgan fingerprint density at radius 3 is 2.69 bits per heavy atom. The molecule has 0 aromatic heterocycles. The van der Waals surface area contributed by atoms with Crippen LogP contribution in [0.15, 0.2) is 0 Å². The van der Waals surface area contributed by atoms with Crippen molar-refractivity contribution in [2.75, 3.05) is 39.9 Å². The van der Waals surface area contributed by atoms with Crippen LogP contribution in [0, 0.1) is 5.92 Å². The zero-order valence-electron chi connectivity index (χ0n) is 10.6. The molecule has 3 nitrogen and oxygen atoms in total. The van der Waals surface area contributed by atoms with Crippen LogP contribution in [-0.2, 0) is 4.74 Å². The zero-order valence-corrected chi connectivity index (χ0v) is 10.6. The molecule has 0 bridgehead atoms. The first-order chi connectivity index (χ1) is 7.90. The molecule has 1 atom stereocenters. The molecular weight excluding hydrogens is 200 g/mol. The lowest BCUT2D eigenvalue weighted by atomic mass is 10.2. The molecule has 1 heterocycles. The Bertz CT molecular complexity index is 188. The van der Waals surface area contributed by atoms with Gasteiger partial charge in [-0.15, -0.1) is 0 Å². The second-order valence-corrected chi connectivity index (χ2v) is 5.26. The normalized spacial score (nSPS) is 23.8. The minimum absolute atomic E-state index is 0.614. The number of nitrogens with one attached hydrogen (secondary N) is 1. The van der Waals surface area contributed by atoms with Gasteiger partial charge >= 0.3 is 0 Å². The van der Waals surface area contributed by atoms with Crippen molar-refractivity contribution in [1.82, 2.24) is 10.2 Å². The van der Waals surface area contributed by atoms with E-state index in [4.69, 9.17) is 4.74 Å². The van der Waals surface area contributed by atoms with Crippen LogP contribution in [0.1, 0.15) is 32.1 Å². The van der Waals surface area contributed by atoms with Crippen molar-refractivity contribution in [3.8, 4) is 0 Å². The van der Waals surface area contributed by atoms with Gasteiger partial charge < -0.3 is 15.0 Å². The van der Waals surface area contributed by atoms with Gasteiger partial charge in [0.2, 0.25) is 0 Å². The van der Waals surface area contributed by atoms with Gasteiger partial charge in [-0.05, 0) is 64.2 Å². The minimum Gasteiger partial charge on any atom is -0.383 e. The average Bonchev–Trinajstić information content (AvgIpc) is 3.01. The first-order valence-corrected chi connectivity index (χ1v) is 6.85. The zero-order chi connectivity index (χ0) is 11.2. The number of rotatable bonds is 8. The minimum atomic E-state index is 0.614. The Labute approximate surface area is 99.5 Å². The maximum absolute atomic E-state index is 5.26. The summed E-state index contributed by atoms with van der Waals surface area (Å²) in [6.07, 6.45) is 6.89. The Hall–Kier alpha value is -0.120. The van der Waals surface area contributed by atoms with E-state index in [9.17, 15) is 0 Å². The van der Waals surface area contributed by atoms with Crippen molar-refractivity contribution in [2.24, 2.45) is 5.92 Å². The summed E-state index contributed by atoms with van der Waals surface area (Å²) in [4.78, 5) is 2.59. The molecule has 0 radical (unpaired) electrons. The molecule has 1 aliphatic heterocycles. The largest absolute Gasteiger partial charge is 0.383 e. The number of likely N-dealkylation sites (tertiary alicyclic amines) is 1. The Kier molecular flexibility index (Phi) is 5.07. The van der Waals surface area contributed by atoms with Crippen LogP contribution >= 0.6 is 0 Å². The summed E-state index contributed by atoms with van der Waals surface area (Å²) in [5, 5.41) is 3.65. The molecule has 94 valence electrons. The SMILES string of the molecule is COCC(NCCCN1CCCC1)C1CC1. The van der Waals surface area contributed by atoms with Crippen LogP contribution in [0.5, 0.6) is 0 Å². The maximum Gasteiger partial charge on any atom is 0.0618 e. The highest BCUT2D eigenvalue weighted by molar-refractivity contribution is 4.86. The van der Waals surface area contributed by atoms with E-state index < -0.39 is 0 Å². The number of methoxy groups -OCH3 is 1. The highest BCUT2D eigenvalue weighted by Crippen LogP contribution is 2.32. The highest BCUT2D eigenvalue weighted by Gasteiger charge is 2.30. The maximum atomic E-state index is 5.26. The second kappa shape index (κ2) is 6.58. The molecule has 2 fully saturated rings. The fourth-order valence-electron chi connectivity index (χ4n) is 2.64. The van der Waals surface area contributed by atoms with Crippen molar-refractivity contribution < 1.29 is 4.74 Å². The lowest BCUT2D eigenvalue weighted by Gasteiger charge is -2.19. The predicted molar refractivity (Wildman–Crippen MR) is 66.7 cm³/mol. The second-order valence-electron chi connectivity index (χ2n) is 5.26. The topological polar surface area (TPSA) is 24.5 Å². The van der Waals surface area contributed by atoms with E-state index in [1.165, 1.54) is 51.7 Å². The van der Waals surface area contributed by atoms with Gasteiger partial charge in [0.1, 0.15) is 0 Å². The van der Waals surface area contributed by atoms with Crippen LogP contribution in [0.25, 0.3) is 0 Å². The molecule has 1 unspecified atom stereocenters. The van der Waals surface area contributed by atoms with Crippen molar-refractivity contribution in [3.05, 3.63) is 0 Å². The van der Waals surface area contributed by atoms with Crippen LogP contribution in [0.2, 0.25) is 0 Å². The number of hydrogen-bond donors (Lipinski definition) is 1. The molecule has 1 saturated carbocycles. The van der Waals surface area contributed by atoms with Gasteiger partial charge in [-0.2, -0.15) is 0 Å². The molecule has 0 amide bonds. The van der Waals surface area contributed by atoms with Crippen molar-refractivity contribution in [2.45, 2.75) is 38.1 Å². The number of nitrogens with zero attached hydrogens (tertiary/aromatic N) is 1. The van der Waals surface area contributed by atoms with Gasteiger partial charge in [0.25, 0.3) is 0 Å². The third-order valence-corrected chi connectivity index (χ3v) is 3.79. The first-order valence-electron chi connectivity index (χ1n) is 6.85. The lowest BCUT2D eigenvalue weighted by Crippen LogP contribution is -2.37. The van der Waals surface area contributed by atoms with E-state index in [1.807, 2.05) is 0 Å². The van der Waals surface area contributed by atoms with E-state index in [2.05, 4.69) is 10.2 Å². The van der Waals surface area contributed by atoms with E-state index in [0.29, 0.717) is 6.04 Å². The average molecular weight is 226 g/mol. The van der Waals surface area contributed by atoms with Gasteiger partial charge in [-0.1, -0.05) is 0 Å². The van der Waals surface area contributed by atoms with Crippen LogP contribution in [0.4, 0.5) is 0 Å². The van der Waals surface area contributed by atoms with E-state index in [-0.39, 0.29) is 0 Å². The van der Waals surface area contributed by atoms with E-state index in [1.54, 1.807) is 7.11 Å². The Balaban J connectivity index is 1.51. The summed E-state index contributed by atoms with van der Waals surface area (Å²) in [5.74, 6) is 0.895. The highest BCUT2D eigenvalue weighted by atomic mass is 16.5. The third kappa shape index (κ3) is 4.04. The fraction of sp³-hybridized carbons (Fsp3) is 1.00. The summed E-state index contributed by atoms with van der Waals surface area (Å²) in [5.41, 5.74) is 0. The number of ether oxygens (including phenoxy) is 1. The molecule has 3 heteroatoms. The molecule has 1 saturated heterocycles. The molecule has 0 spiro atoms. The smallest absolute Gasteiger partial charge is 0.0618 e. The van der Waals surface area contributed by atoms with Gasteiger partial charge in [0, 0.05) is 13.2 Å². The molecule has 1 N–H and O–H groups in total. The quantitative estimate of drug-likeness (QED) is 0.635. The third-order valence-electron chi connectivity index (χ3n) is 3.79. The van der Waals surface area contributed by atoms with E-state index >= 15 is 0 Å². The van der Waals surface area contributed by atoms with Gasteiger partial charge in [-0.3, -0.25) is 0 Å². The summed E-state index contributed by atoms with van der Waals surface area (Å²) in [7, 11) is 1.81. The fourth-order valence-corrected chi connectivity index (χ4v) is 2.64. The Morgan fingerprint density at radius 1 is 1.31 bits per heavy atom. The van der Waals surface area contributed by atoms with Crippen molar-refractivity contribution in [1.29, 1.82) is 0 Å². The summed E-state index contributed by atoms with van der Waals surface area (Å²) >= 11 is 0. The van der Waals surface area contributed by atoms with Crippen LogP contribution in [-0.4, -0.2) is 50.8 Å². The first kappa shape index (κ1) is 12.3. The molecular formula is C13H26N2O. The molecule has 16 heavy (non-hydrogen) atoms. The van der Waals surface area contributed by atoms with Crippen LogP contribution < -0.4 is 5.32 Å². The predicted octanol–water partition coefficient (Wildman–Crippen LogP) is 1.49.